The highest BCUT2D eigenvalue weighted by Gasteiger charge is 2.24. The van der Waals surface area contributed by atoms with Gasteiger partial charge in [-0.2, -0.15) is 0 Å². The number of piperidine rings is 1. The van der Waals surface area contributed by atoms with Gasteiger partial charge in [0.1, 0.15) is 0 Å². The van der Waals surface area contributed by atoms with Crippen molar-refractivity contribution >= 4 is 12.0 Å². The molecule has 1 aromatic heterocycles. The third-order valence-electron chi connectivity index (χ3n) is 4.28. The van der Waals surface area contributed by atoms with Crippen LogP contribution in [-0.2, 0) is 0 Å². The predicted octanol–water partition coefficient (Wildman–Crippen LogP) is 1.69. The SMILES string of the molecule is O=C(NC1CCCC1)NC1CCCN(c2ncccn2)C1. The van der Waals surface area contributed by atoms with E-state index in [2.05, 4.69) is 25.5 Å². The molecular formula is C15H23N5O. The number of nitrogens with one attached hydrogen (secondary N) is 2. The number of anilines is 1. The number of hydrogen-bond acceptors (Lipinski definition) is 4. The third kappa shape index (κ3) is 3.83. The Balaban J connectivity index is 1.50. The molecule has 1 saturated carbocycles. The lowest BCUT2D eigenvalue weighted by atomic mass is 10.1. The van der Waals surface area contributed by atoms with Crippen molar-refractivity contribution in [1.82, 2.24) is 20.6 Å². The lowest BCUT2D eigenvalue weighted by Crippen LogP contribution is -2.52. The van der Waals surface area contributed by atoms with Gasteiger partial charge in [0.25, 0.3) is 0 Å². The summed E-state index contributed by atoms with van der Waals surface area (Å²) in [6.07, 6.45) is 10.3. The maximum Gasteiger partial charge on any atom is 0.315 e. The number of amides is 2. The van der Waals surface area contributed by atoms with Gasteiger partial charge in [-0.3, -0.25) is 0 Å². The second-order valence-corrected chi connectivity index (χ2v) is 5.93. The van der Waals surface area contributed by atoms with Gasteiger partial charge in [-0.1, -0.05) is 12.8 Å². The molecule has 1 aliphatic carbocycles. The molecule has 1 atom stereocenters. The molecule has 2 aliphatic rings. The quantitative estimate of drug-likeness (QED) is 0.888. The molecule has 3 rings (SSSR count). The van der Waals surface area contributed by atoms with Crippen LogP contribution < -0.4 is 15.5 Å². The van der Waals surface area contributed by atoms with Crippen molar-refractivity contribution in [1.29, 1.82) is 0 Å². The molecule has 114 valence electrons. The van der Waals surface area contributed by atoms with Crippen LogP contribution in [0.2, 0.25) is 0 Å². The van der Waals surface area contributed by atoms with Crippen LogP contribution in [-0.4, -0.2) is 41.2 Å². The molecular weight excluding hydrogens is 266 g/mol. The summed E-state index contributed by atoms with van der Waals surface area (Å²) in [5.41, 5.74) is 0. The number of hydrogen-bond donors (Lipinski definition) is 2. The highest BCUT2D eigenvalue weighted by Crippen LogP contribution is 2.18. The number of carbonyl (C=O) groups excluding carboxylic acids is 1. The average Bonchev–Trinajstić information content (AvgIpc) is 3.01. The minimum atomic E-state index is -0.0252. The van der Waals surface area contributed by atoms with Gasteiger partial charge in [0.2, 0.25) is 5.95 Å². The van der Waals surface area contributed by atoms with Gasteiger partial charge in [-0.25, -0.2) is 14.8 Å². The molecule has 0 spiro atoms. The van der Waals surface area contributed by atoms with Gasteiger partial charge in [-0.05, 0) is 31.7 Å². The monoisotopic (exact) mass is 289 g/mol. The first-order valence-corrected chi connectivity index (χ1v) is 7.90. The van der Waals surface area contributed by atoms with E-state index in [1.807, 2.05) is 6.07 Å². The predicted molar refractivity (Wildman–Crippen MR) is 81.2 cm³/mol. The van der Waals surface area contributed by atoms with E-state index < -0.39 is 0 Å². The van der Waals surface area contributed by atoms with Crippen LogP contribution in [0.15, 0.2) is 18.5 Å². The Bertz CT molecular complexity index is 460. The zero-order valence-corrected chi connectivity index (χ0v) is 12.3. The lowest BCUT2D eigenvalue weighted by molar-refractivity contribution is 0.231. The Kier molecular flexibility index (Phi) is 4.52. The maximum absolute atomic E-state index is 12.0. The van der Waals surface area contributed by atoms with E-state index in [9.17, 15) is 4.79 Å². The fraction of sp³-hybridized carbons (Fsp3) is 0.667. The van der Waals surface area contributed by atoms with Gasteiger partial charge in [-0.15, -0.1) is 0 Å². The highest BCUT2D eigenvalue weighted by molar-refractivity contribution is 5.74. The minimum Gasteiger partial charge on any atom is -0.339 e. The second kappa shape index (κ2) is 6.74. The first-order valence-electron chi connectivity index (χ1n) is 7.90. The standard InChI is InChI=1S/C15H23N5O/c21-15(18-12-5-1-2-6-12)19-13-7-3-10-20(11-13)14-16-8-4-9-17-14/h4,8-9,12-13H,1-3,5-7,10-11H2,(H2,18,19,21). The van der Waals surface area contributed by atoms with Crippen molar-refractivity contribution in [2.75, 3.05) is 18.0 Å². The zero-order chi connectivity index (χ0) is 14.5. The number of aromatic nitrogens is 2. The summed E-state index contributed by atoms with van der Waals surface area (Å²) < 4.78 is 0. The van der Waals surface area contributed by atoms with Crippen LogP contribution in [0.5, 0.6) is 0 Å². The molecule has 21 heavy (non-hydrogen) atoms. The minimum absolute atomic E-state index is 0.0252. The Labute approximate surface area is 125 Å². The molecule has 6 nitrogen and oxygen atoms in total. The van der Waals surface area contributed by atoms with Crippen molar-refractivity contribution in [3.8, 4) is 0 Å². The van der Waals surface area contributed by atoms with Crippen LogP contribution in [0.25, 0.3) is 0 Å². The van der Waals surface area contributed by atoms with Crippen molar-refractivity contribution in [3.63, 3.8) is 0 Å². The largest absolute Gasteiger partial charge is 0.339 e. The van der Waals surface area contributed by atoms with E-state index in [1.165, 1.54) is 12.8 Å². The normalized spacial score (nSPS) is 23.0. The molecule has 0 aromatic carbocycles. The Morgan fingerprint density at radius 1 is 1.05 bits per heavy atom. The molecule has 1 unspecified atom stereocenters. The number of nitrogens with zero attached hydrogens (tertiary/aromatic N) is 3. The number of urea groups is 1. The van der Waals surface area contributed by atoms with E-state index >= 15 is 0 Å². The van der Waals surface area contributed by atoms with Crippen LogP contribution in [0.1, 0.15) is 38.5 Å². The Hall–Kier alpha value is -1.85. The number of carbonyl (C=O) groups is 1. The molecule has 2 N–H and O–H groups in total. The zero-order valence-electron chi connectivity index (χ0n) is 12.3. The van der Waals surface area contributed by atoms with Crippen LogP contribution in [0.4, 0.5) is 10.7 Å². The second-order valence-electron chi connectivity index (χ2n) is 5.93. The van der Waals surface area contributed by atoms with Crippen LogP contribution >= 0.6 is 0 Å². The van der Waals surface area contributed by atoms with Crippen molar-refractivity contribution in [2.45, 2.75) is 50.6 Å². The van der Waals surface area contributed by atoms with E-state index in [0.29, 0.717) is 6.04 Å². The third-order valence-corrected chi connectivity index (χ3v) is 4.28. The van der Waals surface area contributed by atoms with E-state index in [-0.39, 0.29) is 12.1 Å². The number of rotatable bonds is 3. The Morgan fingerprint density at radius 3 is 2.48 bits per heavy atom. The summed E-state index contributed by atoms with van der Waals surface area (Å²) in [5, 5.41) is 6.18. The van der Waals surface area contributed by atoms with E-state index in [1.54, 1.807) is 12.4 Å². The molecule has 2 heterocycles. The first-order chi connectivity index (χ1) is 10.3. The highest BCUT2D eigenvalue weighted by atomic mass is 16.2. The first kappa shape index (κ1) is 14.1. The fourth-order valence-corrected chi connectivity index (χ4v) is 3.21. The van der Waals surface area contributed by atoms with Gasteiger partial charge >= 0.3 is 6.03 Å². The van der Waals surface area contributed by atoms with Gasteiger partial charge in [0, 0.05) is 37.6 Å². The summed E-state index contributed by atoms with van der Waals surface area (Å²) in [7, 11) is 0. The molecule has 2 fully saturated rings. The molecule has 0 bridgehead atoms. The maximum atomic E-state index is 12.0. The molecule has 1 saturated heterocycles. The topological polar surface area (TPSA) is 70.2 Å². The summed E-state index contributed by atoms with van der Waals surface area (Å²) in [5.74, 6) is 0.750. The van der Waals surface area contributed by atoms with Gasteiger partial charge in [0.05, 0.1) is 0 Å². The van der Waals surface area contributed by atoms with Crippen LogP contribution in [0, 0.1) is 0 Å². The van der Waals surface area contributed by atoms with E-state index in [0.717, 1.165) is 44.7 Å². The van der Waals surface area contributed by atoms with Crippen molar-refractivity contribution in [2.24, 2.45) is 0 Å². The molecule has 0 radical (unpaired) electrons. The Morgan fingerprint density at radius 2 is 1.71 bits per heavy atom. The molecule has 1 aliphatic heterocycles. The van der Waals surface area contributed by atoms with Gasteiger partial charge in [0.15, 0.2) is 0 Å². The van der Waals surface area contributed by atoms with Crippen molar-refractivity contribution < 1.29 is 4.79 Å². The summed E-state index contributed by atoms with van der Waals surface area (Å²) in [6, 6.07) is 2.33. The van der Waals surface area contributed by atoms with Gasteiger partial charge < -0.3 is 15.5 Å². The summed E-state index contributed by atoms with van der Waals surface area (Å²) in [6.45, 7) is 1.73. The fourth-order valence-electron chi connectivity index (χ4n) is 3.21. The van der Waals surface area contributed by atoms with E-state index in [4.69, 9.17) is 0 Å². The summed E-state index contributed by atoms with van der Waals surface area (Å²) >= 11 is 0. The van der Waals surface area contributed by atoms with Crippen LogP contribution in [0.3, 0.4) is 0 Å². The summed E-state index contributed by atoms with van der Waals surface area (Å²) in [4.78, 5) is 22.8. The van der Waals surface area contributed by atoms with Crippen molar-refractivity contribution in [3.05, 3.63) is 18.5 Å². The molecule has 2 amide bonds. The lowest BCUT2D eigenvalue weighted by Gasteiger charge is -2.33. The molecule has 6 heteroatoms. The molecule has 1 aromatic rings. The smallest absolute Gasteiger partial charge is 0.315 e. The average molecular weight is 289 g/mol.